The molecule has 0 saturated heterocycles. The first-order valence-corrected chi connectivity index (χ1v) is 9.34. The lowest BCUT2D eigenvalue weighted by molar-refractivity contribution is -0.116. The van der Waals surface area contributed by atoms with Crippen molar-refractivity contribution in [2.75, 3.05) is 19.5 Å². The first-order chi connectivity index (χ1) is 14.4. The average Bonchev–Trinajstić information content (AvgIpc) is 3.09. The van der Waals surface area contributed by atoms with Crippen LogP contribution in [0.3, 0.4) is 0 Å². The highest BCUT2D eigenvalue weighted by Gasteiger charge is 2.36. The molecular formula is C22H20FN3O4. The van der Waals surface area contributed by atoms with Crippen molar-refractivity contribution in [3.63, 3.8) is 0 Å². The summed E-state index contributed by atoms with van der Waals surface area (Å²) in [5.74, 6) is -0.728. The Labute approximate surface area is 172 Å². The monoisotopic (exact) mass is 409 g/mol. The maximum Gasteiger partial charge on any atom is 0.226 e. The lowest BCUT2D eigenvalue weighted by atomic mass is 9.85. The predicted molar refractivity (Wildman–Crippen MR) is 108 cm³/mol. The molecule has 3 aromatic rings. The van der Waals surface area contributed by atoms with Crippen LogP contribution in [0.1, 0.15) is 34.0 Å². The molecule has 30 heavy (non-hydrogen) atoms. The van der Waals surface area contributed by atoms with Gasteiger partial charge in [-0.2, -0.15) is 5.10 Å². The van der Waals surface area contributed by atoms with Gasteiger partial charge in [0.25, 0.3) is 0 Å². The maximum atomic E-state index is 13.8. The third kappa shape index (κ3) is 3.30. The van der Waals surface area contributed by atoms with Crippen LogP contribution in [0, 0.1) is 12.7 Å². The number of hydrogen-bond donors (Lipinski definition) is 1. The fraction of sp³-hybridized carbons (Fsp3) is 0.227. The summed E-state index contributed by atoms with van der Waals surface area (Å²) in [6.07, 6.45) is -0.0132. The summed E-state index contributed by atoms with van der Waals surface area (Å²) in [5, 5.41) is 7.39. The number of carbonyl (C=O) groups is 2. The molecule has 4 rings (SSSR count). The predicted octanol–water partition coefficient (Wildman–Crippen LogP) is 3.65. The minimum Gasteiger partial charge on any atom is -0.497 e. The van der Waals surface area contributed by atoms with E-state index in [-0.39, 0.29) is 29.4 Å². The summed E-state index contributed by atoms with van der Waals surface area (Å²) < 4.78 is 25.5. The number of hydrogen-bond acceptors (Lipinski definition) is 5. The van der Waals surface area contributed by atoms with Gasteiger partial charge in [-0.15, -0.1) is 0 Å². The number of ether oxygens (including phenoxy) is 2. The molecule has 0 fully saturated rings. The van der Waals surface area contributed by atoms with Gasteiger partial charge in [-0.25, -0.2) is 9.07 Å². The molecular weight excluding hydrogens is 389 g/mol. The van der Waals surface area contributed by atoms with Crippen LogP contribution in [-0.2, 0) is 4.79 Å². The summed E-state index contributed by atoms with van der Waals surface area (Å²) in [6.45, 7) is 1.79. The minimum absolute atomic E-state index is 0.0132. The van der Waals surface area contributed by atoms with Gasteiger partial charge in [0.05, 0.1) is 31.5 Å². The molecule has 0 radical (unpaired) electrons. The number of ketones is 1. The van der Waals surface area contributed by atoms with Crippen molar-refractivity contribution in [1.29, 1.82) is 0 Å². The number of halogens is 1. The van der Waals surface area contributed by atoms with Crippen LogP contribution in [0.25, 0.3) is 5.69 Å². The van der Waals surface area contributed by atoms with Crippen molar-refractivity contribution >= 4 is 17.5 Å². The molecule has 0 unspecified atom stereocenters. The molecule has 1 amide bonds. The van der Waals surface area contributed by atoms with Crippen LogP contribution >= 0.6 is 0 Å². The number of benzene rings is 2. The zero-order valence-corrected chi connectivity index (χ0v) is 16.7. The van der Waals surface area contributed by atoms with Gasteiger partial charge in [-0.3, -0.25) is 9.59 Å². The number of anilines is 1. The highest BCUT2D eigenvalue weighted by atomic mass is 19.1. The van der Waals surface area contributed by atoms with Crippen molar-refractivity contribution in [2.45, 2.75) is 19.3 Å². The molecule has 2 aromatic carbocycles. The molecule has 0 saturated carbocycles. The van der Waals surface area contributed by atoms with Gasteiger partial charge in [0.15, 0.2) is 17.3 Å². The van der Waals surface area contributed by atoms with Crippen LogP contribution < -0.4 is 14.8 Å². The van der Waals surface area contributed by atoms with Crippen molar-refractivity contribution in [1.82, 2.24) is 9.78 Å². The Bertz CT molecular complexity index is 1140. The van der Waals surface area contributed by atoms with Gasteiger partial charge in [0, 0.05) is 17.5 Å². The molecule has 0 spiro atoms. The van der Waals surface area contributed by atoms with Gasteiger partial charge in [-0.05, 0) is 49.4 Å². The molecule has 1 N–H and O–H groups in total. The van der Waals surface area contributed by atoms with Crippen LogP contribution in [-0.4, -0.2) is 35.7 Å². The number of Topliss-reactive ketones (excluding diaryl/α,β-unsaturated/α-hetero) is 1. The maximum absolute atomic E-state index is 13.8. The summed E-state index contributed by atoms with van der Waals surface area (Å²) >= 11 is 0. The Balaban J connectivity index is 1.78. The van der Waals surface area contributed by atoms with E-state index >= 15 is 0 Å². The summed E-state index contributed by atoms with van der Waals surface area (Å²) in [7, 11) is 2.91. The van der Waals surface area contributed by atoms with Crippen LogP contribution in [0.2, 0.25) is 0 Å². The van der Waals surface area contributed by atoms with Crippen molar-refractivity contribution in [2.24, 2.45) is 0 Å². The number of methoxy groups -OCH3 is 2. The van der Waals surface area contributed by atoms with E-state index in [2.05, 4.69) is 10.4 Å². The van der Waals surface area contributed by atoms with E-state index < -0.39 is 11.7 Å². The second kappa shape index (κ2) is 7.62. The molecule has 1 atom stereocenters. The highest BCUT2D eigenvalue weighted by Crippen LogP contribution is 2.38. The molecule has 154 valence electrons. The summed E-state index contributed by atoms with van der Waals surface area (Å²) in [6, 6.07) is 11.1. The van der Waals surface area contributed by atoms with Gasteiger partial charge in [-0.1, -0.05) is 0 Å². The number of amides is 1. The first kappa shape index (κ1) is 19.6. The second-order valence-electron chi connectivity index (χ2n) is 6.98. The molecule has 0 aliphatic carbocycles. The fourth-order valence-electron chi connectivity index (χ4n) is 3.70. The third-order valence-electron chi connectivity index (χ3n) is 5.17. The van der Waals surface area contributed by atoms with Crippen molar-refractivity contribution in [3.05, 3.63) is 65.1 Å². The van der Waals surface area contributed by atoms with Gasteiger partial charge >= 0.3 is 0 Å². The van der Waals surface area contributed by atoms with E-state index in [4.69, 9.17) is 9.47 Å². The summed E-state index contributed by atoms with van der Waals surface area (Å²) in [4.78, 5) is 25.7. The quantitative estimate of drug-likeness (QED) is 0.651. The average molecular weight is 409 g/mol. The third-order valence-corrected chi connectivity index (χ3v) is 5.17. The van der Waals surface area contributed by atoms with Crippen LogP contribution in [0.5, 0.6) is 11.5 Å². The largest absolute Gasteiger partial charge is 0.497 e. The second-order valence-corrected chi connectivity index (χ2v) is 6.98. The Morgan fingerprint density at radius 1 is 1.17 bits per heavy atom. The first-order valence-electron chi connectivity index (χ1n) is 9.34. The van der Waals surface area contributed by atoms with Crippen molar-refractivity contribution in [3.8, 4) is 17.2 Å². The Hall–Kier alpha value is -3.68. The molecule has 1 aliphatic heterocycles. The highest BCUT2D eigenvalue weighted by molar-refractivity contribution is 6.08. The zero-order chi connectivity index (χ0) is 21.4. The Kier molecular flexibility index (Phi) is 4.99. The SMILES string of the molecule is COc1ccc(-n2nc(C)c3c2NC(=O)C[C@H]3C(=O)c2ccc(F)c(OC)c2)cc1. The fourth-order valence-corrected chi connectivity index (χ4v) is 3.70. The van der Waals surface area contributed by atoms with E-state index in [9.17, 15) is 14.0 Å². The Morgan fingerprint density at radius 3 is 2.57 bits per heavy atom. The van der Waals surface area contributed by atoms with E-state index in [1.165, 1.54) is 25.3 Å². The van der Waals surface area contributed by atoms with E-state index in [1.54, 1.807) is 30.8 Å². The smallest absolute Gasteiger partial charge is 0.226 e. The number of aryl methyl sites for hydroxylation is 1. The Morgan fingerprint density at radius 2 is 1.90 bits per heavy atom. The molecule has 2 heterocycles. The number of nitrogens with one attached hydrogen (secondary N) is 1. The molecule has 0 bridgehead atoms. The number of aromatic nitrogens is 2. The molecule has 1 aliphatic rings. The number of nitrogens with zero attached hydrogens (tertiary/aromatic N) is 2. The molecule has 7 nitrogen and oxygen atoms in total. The van der Waals surface area contributed by atoms with Gasteiger partial charge < -0.3 is 14.8 Å². The summed E-state index contributed by atoms with van der Waals surface area (Å²) in [5.41, 5.74) is 2.28. The lowest BCUT2D eigenvalue weighted by Gasteiger charge is -2.23. The standard InChI is InChI=1S/C22H20FN3O4/c1-12-20-16(21(28)13-4-9-17(23)18(10-13)30-3)11-19(27)24-22(20)26(25-12)14-5-7-15(29-2)8-6-14/h4-10,16H,11H2,1-3H3,(H,24,27)/t16-/m1/s1. The molecule has 8 heteroatoms. The van der Waals surface area contributed by atoms with Gasteiger partial charge in [0.2, 0.25) is 5.91 Å². The number of rotatable bonds is 5. The van der Waals surface area contributed by atoms with Crippen LogP contribution in [0.15, 0.2) is 42.5 Å². The zero-order valence-electron chi connectivity index (χ0n) is 16.7. The topological polar surface area (TPSA) is 82.5 Å². The lowest BCUT2D eigenvalue weighted by Crippen LogP contribution is -2.28. The van der Waals surface area contributed by atoms with E-state index in [0.29, 0.717) is 22.8 Å². The van der Waals surface area contributed by atoms with Crippen molar-refractivity contribution < 1.29 is 23.5 Å². The normalized spacial score (nSPS) is 15.3. The van der Waals surface area contributed by atoms with Gasteiger partial charge in [0.1, 0.15) is 11.6 Å². The number of fused-ring (bicyclic) bond motifs is 1. The van der Waals surface area contributed by atoms with E-state index in [1.807, 2.05) is 12.1 Å². The van der Waals surface area contributed by atoms with E-state index in [0.717, 1.165) is 5.69 Å². The number of carbonyl (C=O) groups excluding carboxylic acids is 2. The minimum atomic E-state index is -0.726. The van der Waals surface area contributed by atoms with Crippen LogP contribution in [0.4, 0.5) is 10.2 Å². The molecule has 1 aromatic heterocycles.